The third-order valence-electron chi connectivity index (χ3n) is 2.80. The first kappa shape index (κ1) is 10.5. The Hall–Kier alpha value is -2.60. The van der Waals surface area contributed by atoms with E-state index in [4.69, 9.17) is 6.42 Å². The first-order valence-electron chi connectivity index (χ1n) is 5.50. The van der Waals surface area contributed by atoms with Gasteiger partial charge in [-0.3, -0.25) is 0 Å². The maximum atomic E-state index is 13.9. The summed E-state index contributed by atoms with van der Waals surface area (Å²) in [4.78, 5) is 7.44. The lowest BCUT2D eigenvalue weighted by atomic mass is 10.1. The van der Waals surface area contributed by atoms with Crippen LogP contribution in [0.25, 0.3) is 22.4 Å². The van der Waals surface area contributed by atoms with Crippen molar-refractivity contribution in [3.63, 3.8) is 0 Å². The minimum absolute atomic E-state index is 0.344. The number of nitrogens with one attached hydrogen (secondary N) is 1. The van der Waals surface area contributed by atoms with Gasteiger partial charge in [-0.25, -0.2) is 9.37 Å². The van der Waals surface area contributed by atoms with Crippen molar-refractivity contribution in [2.24, 2.45) is 0 Å². The van der Waals surface area contributed by atoms with Gasteiger partial charge < -0.3 is 4.98 Å². The number of benzene rings is 2. The van der Waals surface area contributed by atoms with Gasteiger partial charge in [0.25, 0.3) is 0 Å². The van der Waals surface area contributed by atoms with Crippen LogP contribution in [0.15, 0.2) is 42.5 Å². The van der Waals surface area contributed by atoms with Gasteiger partial charge in [-0.05, 0) is 24.3 Å². The molecule has 0 radical (unpaired) electrons. The highest BCUT2D eigenvalue weighted by atomic mass is 19.1. The molecule has 2 nitrogen and oxygen atoms in total. The van der Waals surface area contributed by atoms with Gasteiger partial charge in [0, 0.05) is 5.56 Å². The van der Waals surface area contributed by atoms with Crippen LogP contribution in [0.2, 0.25) is 0 Å². The summed E-state index contributed by atoms with van der Waals surface area (Å²) in [6.45, 7) is 0. The predicted molar refractivity (Wildman–Crippen MR) is 69.4 cm³/mol. The largest absolute Gasteiger partial charge is 0.338 e. The standard InChI is InChI=1S/C15H9FN2/c1-2-10-6-5-7-11(16)14(10)15-17-12-8-3-4-9-13(12)18-15/h1,3-9H,(H,17,18). The van der Waals surface area contributed by atoms with Crippen molar-refractivity contribution in [3.8, 4) is 23.7 Å². The minimum Gasteiger partial charge on any atom is -0.338 e. The normalized spacial score (nSPS) is 10.4. The minimum atomic E-state index is -0.371. The summed E-state index contributed by atoms with van der Waals surface area (Å²) in [5, 5.41) is 0. The molecule has 86 valence electrons. The number of hydrogen-bond acceptors (Lipinski definition) is 1. The van der Waals surface area contributed by atoms with Crippen LogP contribution >= 0.6 is 0 Å². The Morgan fingerprint density at radius 1 is 1.11 bits per heavy atom. The molecule has 0 amide bonds. The van der Waals surface area contributed by atoms with Crippen LogP contribution in [0.3, 0.4) is 0 Å². The van der Waals surface area contributed by atoms with Gasteiger partial charge in [0.05, 0.1) is 16.6 Å². The van der Waals surface area contributed by atoms with E-state index in [1.807, 2.05) is 24.3 Å². The van der Waals surface area contributed by atoms with Gasteiger partial charge in [-0.2, -0.15) is 0 Å². The van der Waals surface area contributed by atoms with Crippen LogP contribution < -0.4 is 0 Å². The number of fused-ring (bicyclic) bond motifs is 1. The average Bonchev–Trinajstić information content (AvgIpc) is 2.81. The van der Waals surface area contributed by atoms with Crippen LogP contribution in [0.1, 0.15) is 5.56 Å². The quantitative estimate of drug-likeness (QED) is 0.645. The summed E-state index contributed by atoms with van der Waals surface area (Å²) in [6, 6.07) is 12.2. The number of H-pyrrole nitrogens is 1. The van der Waals surface area contributed by atoms with Crippen LogP contribution in [-0.2, 0) is 0 Å². The zero-order chi connectivity index (χ0) is 12.5. The molecule has 3 aromatic rings. The molecule has 0 spiro atoms. The zero-order valence-corrected chi connectivity index (χ0v) is 9.44. The maximum absolute atomic E-state index is 13.9. The smallest absolute Gasteiger partial charge is 0.142 e. The van der Waals surface area contributed by atoms with E-state index in [9.17, 15) is 4.39 Å². The van der Waals surface area contributed by atoms with Crippen molar-refractivity contribution in [3.05, 3.63) is 53.8 Å². The molecule has 1 heterocycles. The molecule has 2 aromatic carbocycles. The molecule has 18 heavy (non-hydrogen) atoms. The first-order chi connectivity index (χ1) is 8.79. The fraction of sp³-hybridized carbons (Fsp3) is 0. The van der Waals surface area contributed by atoms with Gasteiger partial charge in [-0.1, -0.05) is 24.1 Å². The van der Waals surface area contributed by atoms with E-state index in [1.165, 1.54) is 6.07 Å². The second-order valence-electron chi connectivity index (χ2n) is 3.91. The molecule has 0 saturated carbocycles. The monoisotopic (exact) mass is 236 g/mol. The lowest BCUT2D eigenvalue weighted by molar-refractivity contribution is 0.630. The number of nitrogens with zero attached hydrogens (tertiary/aromatic N) is 1. The van der Waals surface area contributed by atoms with Crippen molar-refractivity contribution < 1.29 is 4.39 Å². The first-order valence-corrected chi connectivity index (χ1v) is 5.50. The second kappa shape index (κ2) is 4.01. The molecule has 0 atom stereocenters. The van der Waals surface area contributed by atoms with Crippen molar-refractivity contribution in [2.75, 3.05) is 0 Å². The molecular weight excluding hydrogens is 227 g/mol. The molecule has 3 rings (SSSR count). The number of para-hydroxylation sites is 2. The van der Waals surface area contributed by atoms with Gasteiger partial charge in [0.2, 0.25) is 0 Å². The number of imidazole rings is 1. The molecule has 1 N–H and O–H groups in total. The van der Waals surface area contributed by atoms with Gasteiger partial charge in [0.1, 0.15) is 11.6 Å². The van der Waals surface area contributed by atoms with Gasteiger partial charge in [0.15, 0.2) is 0 Å². The molecule has 0 aliphatic carbocycles. The topological polar surface area (TPSA) is 28.7 Å². The molecule has 0 bridgehead atoms. The number of hydrogen-bond donors (Lipinski definition) is 1. The SMILES string of the molecule is C#Cc1cccc(F)c1-c1nc2ccccc2[nH]1. The number of terminal acetylenes is 1. The Bertz CT molecular complexity index is 733. The Labute approximate surface area is 103 Å². The number of aromatic amines is 1. The molecule has 0 saturated heterocycles. The third-order valence-corrected chi connectivity index (χ3v) is 2.80. The summed E-state index contributed by atoms with van der Waals surface area (Å²) < 4.78 is 13.9. The molecule has 0 aliphatic heterocycles. The lowest BCUT2D eigenvalue weighted by Crippen LogP contribution is -1.91. The zero-order valence-electron chi connectivity index (χ0n) is 9.44. The van der Waals surface area contributed by atoms with E-state index >= 15 is 0 Å². The van der Waals surface area contributed by atoms with E-state index in [-0.39, 0.29) is 5.82 Å². The Morgan fingerprint density at radius 3 is 2.72 bits per heavy atom. The van der Waals surface area contributed by atoms with E-state index in [2.05, 4.69) is 15.9 Å². The van der Waals surface area contributed by atoms with E-state index < -0.39 is 0 Å². The molecule has 0 aliphatic rings. The van der Waals surface area contributed by atoms with Crippen molar-refractivity contribution in [2.45, 2.75) is 0 Å². The van der Waals surface area contributed by atoms with Crippen molar-refractivity contribution in [1.29, 1.82) is 0 Å². The summed E-state index contributed by atoms with van der Waals surface area (Å²) in [5.41, 5.74) is 2.49. The lowest BCUT2D eigenvalue weighted by Gasteiger charge is -2.02. The Morgan fingerprint density at radius 2 is 1.94 bits per heavy atom. The molecular formula is C15H9FN2. The molecule has 0 fully saturated rings. The predicted octanol–water partition coefficient (Wildman–Crippen LogP) is 3.35. The van der Waals surface area contributed by atoms with Crippen molar-refractivity contribution >= 4 is 11.0 Å². The summed E-state index contributed by atoms with van der Waals surface area (Å²) in [6.07, 6.45) is 5.39. The third kappa shape index (κ3) is 1.56. The van der Waals surface area contributed by atoms with Crippen LogP contribution in [0, 0.1) is 18.2 Å². The summed E-state index contributed by atoms with van der Waals surface area (Å²) >= 11 is 0. The van der Waals surface area contributed by atoms with E-state index in [0.29, 0.717) is 17.0 Å². The second-order valence-corrected chi connectivity index (χ2v) is 3.91. The fourth-order valence-corrected chi connectivity index (χ4v) is 1.96. The van der Waals surface area contributed by atoms with Crippen LogP contribution in [0.4, 0.5) is 4.39 Å². The van der Waals surface area contributed by atoms with E-state index in [0.717, 1.165) is 11.0 Å². The average molecular weight is 236 g/mol. The van der Waals surface area contributed by atoms with Gasteiger partial charge in [-0.15, -0.1) is 6.42 Å². The number of rotatable bonds is 1. The highest BCUT2D eigenvalue weighted by Crippen LogP contribution is 2.26. The number of halogens is 1. The van der Waals surface area contributed by atoms with Crippen molar-refractivity contribution in [1.82, 2.24) is 9.97 Å². The highest BCUT2D eigenvalue weighted by Gasteiger charge is 2.13. The molecule has 1 aromatic heterocycles. The summed E-state index contributed by atoms with van der Waals surface area (Å²) in [7, 11) is 0. The Balaban J connectivity index is 2.30. The van der Waals surface area contributed by atoms with E-state index in [1.54, 1.807) is 12.1 Å². The van der Waals surface area contributed by atoms with Gasteiger partial charge >= 0.3 is 0 Å². The maximum Gasteiger partial charge on any atom is 0.142 e. The van der Waals surface area contributed by atoms with Crippen LogP contribution in [-0.4, -0.2) is 9.97 Å². The highest BCUT2D eigenvalue weighted by molar-refractivity contribution is 5.80. The number of aromatic nitrogens is 2. The fourth-order valence-electron chi connectivity index (χ4n) is 1.96. The molecule has 0 unspecified atom stereocenters. The molecule has 3 heteroatoms. The summed E-state index contributed by atoms with van der Waals surface area (Å²) in [5.74, 6) is 2.57. The van der Waals surface area contributed by atoms with Crippen LogP contribution in [0.5, 0.6) is 0 Å². The Kier molecular flexibility index (Phi) is 2.35.